The fourth-order valence-electron chi connectivity index (χ4n) is 1.78. The average Bonchev–Trinajstić information content (AvgIpc) is 2.44. The van der Waals surface area contributed by atoms with Gasteiger partial charge in [0.15, 0.2) is 0 Å². The topological polar surface area (TPSA) is 102 Å². The summed E-state index contributed by atoms with van der Waals surface area (Å²) in [5, 5.41) is 6.13. The monoisotopic (exact) mass is 280 g/mol. The third-order valence-corrected chi connectivity index (χ3v) is 2.72. The molecule has 0 amide bonds. The predicted molar refractivity (Wildman–Crippen MR) is 78.8 cm³/mol. The van der Waals surface area contributed by atoms with Crippen molar-refractivity contribution in [1.82, 2.24) is 10.6 Å². The lowest BCUT2D eigenvalue weighted by Crippen LogP contribution is -2.59. The van der Waals surface area contributed by atoms with Gasteiger partial charge in [-0.25, -0.2) is 0 Å². The molecule has 1 aromatic carbocycles. The Labute approximate surface area is 119 Å². The summed E-state index contributed by atoms with van der Waals surface area (Å²) in [6.45, 7) is 3.73. The molecule has 0 heterocycles. The third-order valence-electron chi connectivity index (χ3n) is 2.72. The lowest BCUT2D eigenvalue weighted by molar-refractivity contribution is -0.164. The molecule has 0 saturated carbocycles. The highest BCUT2D eigenvalue weighted by molar-refractivity contribution is 5.72. The summed E-state index contributed by atoms with van der Waals surface area (Å²) in [5.74, 6) is -1.27. The molecular weight excluding hydrogens is 256 g/mol. The van der Waals surface area contributed by atoms with Crippen molar-refractivity contribution in [2.45, 2.75) is 19.2 Å². The van der Waals surface area contributed by atoms with Gasteiger partial charge in [-0.15, -0.1) is 0 Å². The van der Waals surface area contributed by atoms with Crippen LogP contribution in [-0.2, 0) is 16.0 Å². The first-order chi connectivity index (χ1) is 9.59. The number of carbonyl (C=O) groups is 1. The van der Waals surface area contributed by atoms with Gasteiger partial charge in [0.1, 0.15) is 0 Å². The lowest BCUT2D eigenvalue weighted by Gasteiger charge is -2.31. The highest BCUT2D eigenvalue weighted by Gasteiger charge is 2.26. The second-order valence-electron chi connectivity index (χ2n) is 4.60. The Morgan fingerprint density at radius 3 is 2.20 bits per heavy atom. The fourth-order valence-corrected chi connectivity index (χ4v) is 1.78. The van der Waals surface area contributed by atoms with Crippen LogP contribution in [0.2, 0.25) is 0 Å². The Hall–Kier alpha value is -1.47. The molecule has 0 atom stereocenters. The number of carbonyl (C=O) groups excluding carboxylic acids is 1. The first-order valence-corrected chi connectivity index (χ1v) is 6.75. The van der Waals surface area contributed by atoms with Gasteiger partial charge in [-0.2, -0.15) is 0 Å². The van der Waals surface area contributed by atoms with Crippen LogP contribution in [0, 0.1) is 0 Å². The van der Waals surface area contributed by atoms with Gasteiger partial charge in [-0.1, -0.05) is 30.3 Å². The van der Waals surface area contributed by atoms with E-state index in [2.05, 4.69) is 10.6 Å². The molecule has 0 fully saturated rings. The first-order valence-electron chi connectivity index (χ1n) is 6.75. The van der Waals surface area contributed by atoms with Crippen LogP contribution in [-0.4, -0.2) is 38.0 Å². The van der Waals surface area contributed by atoms with E-state index in [0.717, 1.165) is 5.56 Å². The Morgan fingerprint density at radius 1 is 1.15 bits per heavy atom. The van der Waals surface area contributed by atoms with Crippen LogP contribution >= 0.6 is 0 Å². The van der Waals surface area contributed by atoms with Gasteiger partial charge in [0, 0.05) is 33.1 Å². The molecule has 6 heteroatoms. The molecule has 0 saturated heterocycles. The normalized spacial score (nSPS) is 11.3. The molecule has 0 radical (unpaired) electrons. The summed E-state index contributed by atoms with van der Waals surface area (Å²) in [4.78, 5) is 12.0. The maximum Gasteiger partial charge on any atom is 0.312 e. The summed E-state index contributed by atoms with van der Waals surface area (Å²) >= 11 is 0. The molecule has 112 valence electrons. The lowest BCUT2D eigenvalue weighted by atomic mass is 10.1. The average molecular weight is 280 g/mol. The van der Waals surface area contributed by atoms with Crippen molar-refractivity contribution in [1.29, 1.82) is 0 Å². The summed E-state index contributed by atoms with van der Waals surface area (Å²) in [5.41, 5.74) is 11.8. The second kappa shape index (κ2) is 8.65. The molecule has 0 unspecified atom stereocenters. The quantitative estimate of drug-likeness (QED) is 0.361. The Morgan fingerprint density at radius 2 is 1.70 bits per heavy atom. The molecule has 1 aromatic rings. The van der Waals surface area contributed by atoms with E-state index in [1.807, 2.05) is 30.3 Å². The molecule has 0 aromatic heterocycles. The van der Waals surface area contributed by atoms with Crippen LogP contribution in [0.1, 0.15) is 12.5 Å². The predicted octanol–water partition coefficient (Wildman–Crippen LogP) is -0.457. The van der Waals surface area contributed by atoms with Crippen LogP contribution in [0.3, 0.4) is 0 Å². The molecule has 0 aliphatic carbocycles. The summed E-state index contributed by atoms with van der Waals surface area (Å²) in [6.07, 6.45) is 0.227. The van der Waals surface area contributed by atoms with Crippen molar-refractivity contribution >= 4 is 5.97 Å². The highest BCUT2D eigenvalue weighted by Crippen LogP contribution is 2.06. The van der Waals surface area contributed by atoms with Gasteiger partial charge in [0.2, 0.25) is 5.85 Å². The number of ether oxygens (including phenoxy) is 1. The number of nitrogens with one attached hydrogen (secondary N) is 2. The van der Waals surface area contributed by atoms with Crippen molar-refractivity contribution in [3.63, 3.8) is 0 Å². The summed E-state index contributed by atoms with van der Waals surface area (Å²) < 4.78 is 5.47. The molecule has 0 aliphatic heterocycles. The molecule has 0 bridgehead atoms. The van der Waals surface area contributed by atoms with Crippen LogP contribution in [0.25, 0.3) is 0 Å². The van der Waals surface area contributed by atoms with Gasteiger partial charge in [-0.05, 0) is 5.56 Å². The number of benzene rings is 1. The third kappa shape index (κ3) is 6.12. The van der Waals surface area contributed by atoms with Gasteiger partial charge >= 0.3 is 5.97 Å². The van der Waals surface area contributed by atoms with E-state index in [9.17, 15) is 4.79 Å². The number of nitrogens with two attached hydrogens (primary N) is 2. The second-order valence-corrected chi connectivity index (χ2v) is 4.60. The maximum atomic E-state index is 12.0. The smallest absolute Gasteiger partial charge is 0.312 e. The largest absolute Gasteiger partial charge is 0.430 e. The van der Waals surface area contributed by atoms with Gasteiger partial charge in [0.25, 0.3) is 0 Å². The zero-order chi connectivity index (χ0) is 14.8. The standard InChI is InChI=1S/C14H24N4O2/c1-14(17-9-7-15,18-10-8-16)20-13(19)11-12-5-3-2-4-6-12/h2-6,17-18H,7-11,15-16H2,1H3. The van der Waals surface area contributed by atoms with Gasteiger partial charge in [0.05, 0.1) is 6.42 Å². The van der Waals surface area contributed by atoms with Gasteiger partial charge < -0.3 is 16.2 Å². The molecule has 1 rings (SSSR count). The minimum Gasteiger partial charge on any atom is -0.430 e. The maximum absolute atomic E-state index is 12.0. The highest BCUT2D eigenvalue weighted by atomic mass is 16.6. The van der Waals surface area contributed by atoms with E-state index >= 15 is 0 Å². The molecule has 6 N–H and O–H groups in total. The molecule has 6 nitrogen and oxygen atoms in total. The van der Waals surface area contributed by atoms with Crippen molar-refractivity contribution in [3.05, 3.63) is 35.9 Å². The van der Waals surface area contributed by atoms with Crippen molar-refractivity contribution in [3.8, 4) is 0 Å². The van der Waals surface area contributed by atoms with Crippen LogP contribution in [0.5, 0.6) is 0 Å². The Kier molecular flexibility index (Phi) is 7.17. The Bertz CT molecular complexity index is 389. The molecule has 0 spiro atoms. The van der Waals surface area contributed by atoms with E-state index in [1.54, 1.807) is 6.92 Å². The van der Waals surface area contributed by atoms with E-state index in [0.29, 0.717) is 26.2 Å². The van der Waals surface area contributed by atoms with E-state index < -0.39 is 5.85 Å². The zero-order valence-corrected chi connectivity index (χ0v) is 11.9. The minimum atomic E-state index is -0.954. The fraction of sp³-hybridized carbons (Fsp3) is 0.500. The molecule has 20 heavy (non-hydrogen) atoms. The van der Waals surface area contributed by atoms with Crippen LogP contribution in [0.15, 0.2) is 30.3 Å². The SMILES string of the molecule is CC(NCCN)(NCCN)OC(=O)Cc1ccccc1. The number of rotatable bonds is 9. The van der Waals surface area contributed by atoms with E-state index in [-0.39, 0.29) is 12.4 Å². The first kappa shape index (κ1) is 16.6. The van der Waals surface area contributed by atoms with E-state index in [4.69, 9.17) is 16.2 Å². The van der Waals surface area contributed by atoms with E-state index in [1.165, 1.54) is 0 Å². The number of esters is 1. The Balaban J connectivity index is 2.56. The number of hydrogen-bond acceptors (Lipinski definition) is 6. The minimum absolute atomic E-state index is 0.227. The van der Waals surface area contributed by atoms with Gasteiger partial charge in [-0.3, -0.25) is 15.4 Å². The summed E-state index contributed by atoms with van der Waals surface area (Å²) in [6, 6.07) is 9.46. The summed E-state index contributed by atoms with van der Waals surface area (Å²) in [7, 11) is 0. The van der Waals surface area contributed by atoms with Crippen molar-refractivity contribution in [2.24, 2.45) is 11.5 Å². The molecular formula is C14H24N4O2. The van der Waals surface area contributed by atoms with Crippen molar-refractivity contribution < 1.29 is 9.53 Å². The molecule has 0 aliphatic rings. The van der Waals surface area contributed by atoms with Crippen molar-refractivity contribution in [2.75, 3.05) is 26.2 Å². The number of hydrogen-bond donors (Lipinski definition) is 4. The van der Waals surface area contributed by atoms with Crippen LogP contribution < -0.4 is 22.1 Å². The zero-order valence-electron chi connectivity index (χ0n) is 11.9. The van der Waals surface area contributed by atoms with Crippen LogP contribution in [0.4, 0.5) is 0 Å².